The summed E-state index contributed by atoms with van der Waals surface area (Å²) < 4.78 is 7.93. The summed E-state index contributed by atoms with van der Waals surface area (Å²) in [6.45, 7) is 5.99. The van der Waals surface area contributed by atoms with Crippen molar-refractivity contribution >= 4 is 11.6 Å². The van der Waals surface area contributed by atoms with Gasteiger partial charge >= 0.3 is 5.69 Å². The molecule has 0 spiro atoms. The van der Waals surface area contributed by atoms with Crippen LogP contribution in [0.3, 0.4) is 0 Å². The summed E-state index contributed by atoms with van der Waals surface area (Å²) in [4.78, 5) is 31.0. The molecule has 2 unspecified atom stereocenters. The third-order valence-corrected chi connectivity index (χ3v) is 4.79. The summed E-state index contributed by atoms with van der Waals surface area (Å²) in [6, 6.07) is 5.76. The highest BCUT2D eigenvalue weighted by Gasteiger charge is 2.23. The molecule has 2 aromatic heterocycles. The molecule has 1 N–H and O–H groups in total. The van der Waals surface area contributed by atoms with Crippen molar-refractivity contribution < 1.29 is 4.74 Å². The van der Waals surface area contributed by atoms with Crippen molar-refractivity contribution in [1.29, 1.82) is 5.26 Å². The van der Waals surface area contributed by atoms with E-state index in [9.17, 15) is 14.9 Å². The average molecular weight is 384 g/mol. The number of nitrogens with zero attached hydrogens (tertiary/aromatic N) is 5. The SMILES string of the molecule is CC1CN(c2ccc(CNc3c(C#N)c(=O)n(C)c(=O)n3C)cn2)CC(C)O1. The Morgan fingerprint density at radius 2 is 1.89 bits per heavy atom. The van der Waals surface area contributed by atoms with Gasteiger partial charge in [-0.1, -0.05) is 6.07 Å². The van der Waals surface area contributed by atoms with Crippen LogP contribution in [0, 0.1) is 11.3 Å². The Morgan fingerprint density at radius 1 is 1.21 bits per heavy atom. The smallest absolute Gasteiger partial charge is 0.332 e. The lowest BCUT2D eigenvalue weighted by molar-refractivity contribution is -0.00545. The highest BCUT2D eigenvalue weighted by molar-refractivity contribution is 5.51. The maximum absolute atomic E-state index is 12.1. The highest BCUT2D eigenvalue weighted by atomic mass is 16.5. The lowest BCUT2D eigenvalue weighted by Crippen LogP contribution is -2.45. The van der Waals surface area contributed by atoms with Gasteiger partial charge in [0.15, 0.2) is 5.56 Å². The van der Waals surface area contributed by atoms with Gasteiger partial charge in [0, 0.05) is 39.9 Å². The maximum atomic E-state index is 12.1. The Labute approximate surface area is 162 Å². The number of hydrogen-bond donors (Lipinski definition) is 1. The number of aromatic nitrogens is 3. The Morgan fingerprint density at radius 3 is 2.46 bits per heavy atom. The molecule has 3 heterocycles. The minimum Gasteiger partial charge on any atom is -0.372 e. The van der Waals surface area contributed by atoms with Crippen LogP contribution in [0.2, 0.25) is 0 Å². The second-order valence-corrected chi connectivity index (χ2v) is 7.08. The van der Waals surface area contributed by atoms with Crippen molar-refractivity contribution in [3.05, 3.63) is 50.3 Å². The summed E-state index contributed by atoms with van der Waals surface area (Å²) >= 11 is 0. The molecule has 1 aliphatic heterocycles. The largest absolute Gasteiger partial charge is 0.372 e. The van der Waals surface area contributed by atoms with Crippen LogP contribution in [0.5, 0.6) is 0 Å². The van der Waals surface area contributed by atoms with Crippen LogP contribution in [0.15, 0.2) is 27.9 Å². The fourth-order valence-corrected chi connectivity index (χ4v) is 3.41. The van der Waals surface area contributed by atoms with E-state index in [4.69, 9.17) is 4.74 Å². The van der Waals surface area contributed by atoms with E-state index in [-0.39, 0.29) is 23.6 Å². The van der Waals surface area contributed by atoms with E-state index in [0.29, 0.717) is 6.54 Å². The van der Waals surface area contributed by atoms with Gasteiger partial charge in [-0.3, -0.25) is 13.9 Å². The summed E-state index contributed by atoms with van der Waals surface area (Å²) in [5, 5.41) is 12.3. The fraction of sp³-hybridized carbons (Fsp3) is 0.474. The number of anilines is 2. The quantitative estimate of drug-likeness (QED) is 0.822. The van der Waals surface area contributed by atoms with Crippen LogP contribution >= 0.6 is 0 Å². The minimum atomic E-state index is -0.614. The van der Waals surface area contributed by atoms with Gasteiger partial charge in [-0.15, -0.1) is 0 Å². The first-order chi connectivity index (χ1) is 13.3. The van der Waals surface area contributed by atoms with Crippen LogP contribution in [0.1, 0.15) is 25.0 Å². The fourth-order valence-electron chi connectivity index (χ4n) is 3.41. The van der Waals surface area contributed by atoms with Crippen molar-refractivity contribution in [2.75, 3.05) is 23.3 Å². The monoisotopic (exact) mass is 384 g/mol. The van der Waals surface area contributed by atoms with E-state index in [2.05, 4.69) is 15.2 Å². The molecule has 3 rings (SSSR count). The molecule has 1 fully saturated rings. The Balaban J connectivity index is 1.77. The zero-order chi connectivity index (χ0) is 20.4. The number of rotatable bonds is 4. The van der Waals surface area contributed by atoms with E-state index in [1.54, 1.807) is 6.20 Å². The standard InChI is InChI=1S/C19H24N6O3/c1-12-10-25(11-13(2)28-12)16-6-5-14(8-21-16)9-22-17-15(7-20)18(26)24(4)19(27)23(17)3/h5-6,8,12-13,22H,9-11H2,1-4H3. The maximum Gasteiger partial charge on any atom is 0.332 e. The molecule has 0 bridgehead atoms. The molecule has 1 aliphatic rings. The summed E-state index contributed by atoms with van der Waals surface area (Å²) in [5.41, 5.74) is -0.326. The Bertz CT molecular complexity index is 1010. The number of hydrogen-bond acceptors (Lipinski definition) is 7. The lowest BCUT2D eigenvalue weighted by Gasteiger charge is -2.36. The van der Waals surface area contributed by atoms with Crippen LogP contribution in [-0.2, 0) is 25.4 Å². The zero-order valence-electron chi connectivity index (χ0n) is 16.5. The summed E-state index contributed by atoms with van der Waals surface area (Å²) in [6.07, 6.45) is 2.05. The van der Waals surface area contributed by atoms with Crippen molar-refractivity contribution in [1.82, 2.24) is 14.1 Å². The Hall–Kier alpha value is -3.12. The molecule has 0 aromatic carbocycles. The number of morpholine rings is 1. The Kier molecular flexibility index (Phi) is 5.51. The molecule has 148 valence electrons. The molecule has 28 heavy (non-hydrogen) atoms. The minimum absolute atomic E-state index is 0.0922. The lowest BCUT2D eigenvalue weighted by atomic mass is 10.2. The van der Waals surface area contributed by atoms with E-state index in [1.165, 1.54) is 18.7 Å². The van der Waals surface area contributed by atoms with Crippen LogP contribution < -0.4 is 21.5 Å². The van der Waals surface area contributed by atoms with Gasteiger partial charge in [-0.25, -0.2) is 9.78 Å². The second-order valence-electron chi connectivity index (χ2n) is 7.08. The first-order valence-corrected chi connectivity index (χ1v) is 9.11. The molecule has 0 aliphatic carbocycles. The molecule has 2 aromatic rings. The zero-order valence-corrected chi connectivity index (χ0v) is 16.5. The van der Waals surface area contributed by atoms with Crippen LogP contribution in [0.4, 0.5) is 11.6 Å². The normalized spacial score (nSPS) is 19.3. The number of pyridine rings is 1. The van der Waals surface area contributed by atoms with Gasteiger partial charge in [0.1, 0.15) is 17.7 Å². The molecule has 9 heteroatoms. The second kappa shape index (κ2) is 7.86. The van der Waals surface area contributed by atoms with Crippen molar-refractivity contribution in [3.63, 3.8) is 0 Å². The van der Waals surface area contributed by atoms with E-state index in [0.717, 1.165) is 29.0 Å². The van der Waals surface area contributed by atoms with Crippen LogP contribution in [0.25, 0.3) is 0 Å². The molecule has 2 atom stereocenters. The van der Waals surface area contributed by atoms with Gasteiger partial charge in [0.05, 0.1) is 12.2 Å². The molecule has 1 saturated heterocycles. The van der Waals surface area contributed by atoms with E-state index in [1.807, 2.05) is 32.0 Å². The van der Waals surface area contributed by atoms with Gasteiger partial charge < -0.3 is 15.0 Å². The first kappa shape index (κ1) is 19.6. The third kappa shape index (κ3) is 3.77. The van der Waals surface area contributed by atoms with Crippen molar-refractivity contribution in [2.24, 2.45) is 14.1 Å². The number of nitriles is 1. The summed E-state index contributed by atoms with van der Waals surface area (Å²) in [7, 11) is 2.87. The number of nitrogens with one attached hydrogen (secondary N) is 1. The topological polar surface area (TPSA) is 105 Å². The molecular weight excluding hydrogens is 360 g/mol. The predicted octanol–water partition coefficient (Wildman–Crippen LogP) is 0.576. The highest BCUT2D eigenvalue weighted by Crippen LogP contribution is 2.19. The van der Waals surface area contributed by atoms with Gasteiger partial charge in [-0.2, -0.15) is 5.26 Å². The van der Waals surface area contributed by atoms with Gasteiger partial charge in [0.2, 0.25) is 0 Å². The average Bonchev–Trinajstić information content (AvgIpc) is 2.67. The summed E-state index contributed by atoms with van der Waals surface area (Å²) in [5.74, 6) is 1.08. The third-order valence-electron chi connectivity index (χ3n) is 4.79. The predicted molar refractivity (Wildman–Crippen MR) is 105 cm³/mol. The van der Waals surface area contributed by atoms with Crippen molar-refractivity contribution in [2.45, 2.75) is 32.6 Å². The van der Waals surface area contributed by atoms with Crippen molar-refractivity contribution in [3.8, 4) is 6.07 Å². The molecule has 0 saturated carbocycles. The number of ether oxygens (including phenoxy) is 1. The molecule has 9 nitrogen and oxygen atoms in total. The molecule has 0 radical (unpaired) electrons. The van der Waals surface area contributed by atoms with E-state index < -0.39 is 11.2 Å². The van der Waals surface area contributed by atoms with E-state index >= 15 is 0 Å². The first-order valence-electron chi connectivity index (χ1n) is 9.11. The molecule has 0 amide bonds. The van der Waals surface area contributed by atoms with Crippen LogP contribution in [-0.4, -0.2) is 39.4 Å². The van der Waals surface area contributed by atoms with Gasteiger partial charge in [0.25, 0.3) is 5.56 Å². The van der Waals surface area contributed by atoms with Gasteiger partial charge in [-0.05, 0) is 25.5 Å². The molecular formula is C19H24N6O3.